The van der Waals surface area contributed by atoms with Crippen molar-refractivity contribution in [3.63, 3.8) is 0 Å². The predicted molar refractivity (Wildman–Crippen MR) is 131 cm³/mol. The minimum absolute atomic E-state index is 0.136. The van der Waals surface area contributed by atoms with E-state index in [9.17, 15) is 9.59 Å². The summed E-state index contributed by atoms with van der Waals surface area (Å²) in [5.74, 6) is 0.914. The van der Waals surface area contributed by atoms with Gasteiger partial charge in [-0.2, -0.15) is 0 Å². The van der Waals surface area contributed by atoms with E-state index in [-0.39, 0.29) is 18.1 Å². The molecule has 3 N–H and O–H groups in total. The molecule has 1 aromatic heterocycles. The van der Waals surface area contributed by atoms with E-state index >= 15 is 0 Å². The number of anilines is 2. The van der Waals surface area contributed by atoms with Crippen molar-refractivity contribution in [3.8, 4) is 5.75 Å². The minimum Gasteiger partial charge on any atom is -0.492 e. The number of nitrogens with zero attached hydrogens (tertiary/aromatic N) is 2. The summed E-state index contributed by atoms with van der Waals surface area (Å²) in [5, 5.41) is 0. The number of H-pyrrole nitrogens is 1. The topological polar surface area (TPSA) is 103 Å². The fourth-order valence-electron chi connectivity index (χ4n) is 3.83. The van der Waals surface area contributed by atoms with Gasteiger partial charge >= 0.3 is 5.69 Å². The molecule has 8 nitrogen and oxygen atoms in total. The Kier molecular flexibility index (Phi) is 8.32. The number of aromatic amines is 1. The van der Waals surface area contributed by atoms with E-state index < -0.39 is 11.2 Å². The highest BCUT2D eigenvalue weighted by Crippen LogP contribution is 2.19. The van der Waals surface area contributed by atoms with E-state index in [1.165, 1.54) is 4.57 Å². The SMILES string of the molecule is COCCCN(CCOc1cc(C)cc(C)c1)c1c(N)n(Cc2ccccc2)c(=O)[nH]c1=O. The summed E-state index contributed by atoms with van der Waals surface area (Å²) in [6.07, 6.45) is 0.691. The van der Waals surface area contributed by atoms with Crippen LogP contribution in [0.3, 0.4) is 0 Å². The number of methoxy groups -OCH3 is 1. The Balaban J connectivity index is 1.86. The zero-order chi connectivity index (χ0) is 23.8. The number of aromatic nitrogens is 2. The van der Waals surface area contributed by atoms with Gasteiger partial charge in [0, 0.05) is 20.3 Å². The first kappa shape index (κ1) is 24.1. The van der Waals surface area contributed by atoms with Gasteiger partial charge < -0.3 is 20.1 Å². The summed E-state index contributed by atoms with van der Waals surface area (Å²) in [6, 6.07) is 15.5. The molecular formula is C25H32N4O4. The number of benzene rings is 2. The van der Waals surface area contributed by atoms with Crippen LogP contribution in [0.25, 0.3) is 0 Å². The Hall–Kier alpha value is -3.52. The molecule has 0 spiro atoms. The number of aryl methyl sites for hydroxylation is 2. The fourth-order valence-corrected chi connectivity index (χ4v) is 3.83. The average Bonchev–Trinajstić information content (AvgIpc) is 2.76. The molecule has 33 heavy (non-hydrogen) atoms. The summed E-state index contributed by atoms with van der Waals surface area (Å²) >= 11 is 0. The maximum absolute atomic E-state index is 12.8. The van der Waals surface area contributed by atoms with Crippen molar-refractivity contribution in [1.29, 1.82) is 0 Å². The van der Waals surface area contributed by atoms with Crippen LogP contribution in [0.1, 0.15) is 23.1 Å². The number of hydrogen-bond acceptors (Lipinski definition) is 6. The lowest BCUT2D eigenvalue weighted by Crippen LogP contribution is -2.40. The first-order chi connectivity index (χ1) is 15.9. The van der Waals surface area contributed by atoms with Gasteiger partial charge in [0.1, 0.15) is 23.9 Å². The van der Waals surface area contributed by atoms with Crippen LogP contribution in [0.2, 0.25) is 0 Å². The molecule has 0 saturated carbocycles. The zero-order valence-electron chi connectivity index (χ0n) is 19.5. The van der Waals surface area contributed by atoms with E-state index in [0.29, 0.717) is 32.7 Å². The Morgan fingerprint density at radius 1 is 1.00 bits per heavy atom. The predicted octanol–water partition coefficient (Wildman–Crippen LogP) is 2.71. The second-order valence-corrected chi connectivity index (χ2v) is 8.07. The van der Waals surface area contributed by atoms with Crippen molar-refractivity contribution in [2.75, 3.05) is 44.0 Å². The van der Waals surface area contributed by atoms with E-state index in [1.54, 1.807) is 7.11 Å². The lowest BCUT2D eigenvalue weighted by molar-refractivity contribution is 0.195. The lowest BCUT2D eigenvalue weighted by Gasteiger charge is -2.26. The third-order valence-corrected chi connectivity index (χ3v) is 5.32. The number of rotatable bonds is 11. The molecule has 0 atom stereocenters. The Bertz CT molecular complexity index is 1150. The van der Waals surface area contributed by atoms with Crippen molar-refractivity contribution in [2.45, 2.75) is 26.8 Å². The molecule has 0 aliphatic rings. The number of nitrogen functional groups attached to an aromatic ring is 1. The van der Waals surface area contributed by atoms with Crippen LogP contribution in [-0.2, 0) is 11.3 Å². The molecule has 0 bridgehead atoms. The number of ether oxygens (including phenoxy) is 2. The summed E-state index contributed by atoms with van der Waals surface area (Å²) in [4.78, 5) is 29.6. The smallest absolute Gasteiger partial charge is 0.330 e. The number of hydrogen-bond donors (Lipinski definition) is 2. The minimum atomic E-state index is -0.534. The van der Waals surface area contributed by atoms with Gasteiger partial charge in [0.2, 0.25) is 0 Å². The molecule has 0 amide bonds. The van der Waals surface area contributed by atoms with Gasteiger partial charge in [-0.3, -0.25) is 14.3 Å². The summed E-state index contributed by atoms with van der Waals surface area (Å²) in [6.45, 7) is 6.15. The number of nitrogens with one attached hydrogen (secondary N) is 1. The van der Waals surface area contributed by atoms with Crippen molar-refractivity contribution in [2.24, 2.45) is 0 Å². The van der Waals surface area contributed by atoms with Gasteiger partial charge in [-0.1, -0.05) is 36.4 Å². The van der Waals surface area contributed by atoms with E-state index in [0.717, 1.165) is 22.4 Å². The fraction of sp³-hybridized carbons (Fsp3) is 0.360. The highest BCUT2D eigenvalue weighted by molar-refractivity contribution is 5.62. The van der Waals surface area contributed by atoms with Gasteiger partial charge in [0.25, 0.3) is 5.56 Å². The van der Waals surface area contributed by atoms with Gasteiger partial charge in [0.15, 0.2) is 0 Å². The largest absolute Gasteiger partial charge is 0.492 e. The molecule has 0 fully saturated rings. The summed E-state index contributed by atoms with van der Waals surface area (Å²) in [5.41, 5.74) is 8.77. The molecule has 2 aromatic carbocycles. The van der Waals surface area contributed by atoms with Crippen LogP contribution in [0, 0.1) is 13.8 Å². The average molecular weight is 453 g/mol. The van der Waals surface area contributed by atoms with Gasteiger partial charge in [-0.25, -0.2) is 4.79 Å². The molecule has 0 saturated heterocycles. The van der Waals surface area contributed by atoms with E-state index in [1.807, 2.05) is 61.2 Å². The molecule has 0 radical (unpaired) electrons. The highest BCUT2D eigenvalue weighted by Gasteiger charge is 2.19. The third-order valence-electron chi connectivity index (χ3n) is 5.32. The summed E-state index contributed by atoms with van der Waals surface area (Å²) in [7, 11) is 1.63. The monoisotopic (exact) mass is 452 g/mol. The van der Waals surface area contributed by atoms with E-state index in [4.69, 9.17) is 15.2 Å². The molecule has 1 heterocycles. The number of nitrogens with two attached hydrogens (primary N) is 1. The molecule has 176 valence electrons. The van der Waals surface area contributed by atoms with Crippen molar-refractivity contribution >= 4 is 11.5 Å². The quantitative estimate of drug-likeness (QED) is 0.434. The Morgan fingerprint density at radius 2 is 1.70 bits per heavy atom. The first-order valence-electron chi connectivity index (χ1n) is 11.0. The van der Waals surface area contributed by atoms with Crippen LogP contribution in [0.5, 0.6) is 5.75 Å². The second kappa shape index (κ2) is 11.4. The lowest BCUT2D eigenvalue weighted by atomic mass is 10.1. The van der Waals surface area contributed by atoms with Crippen LogP contribution >= 0.6 is 0 Å². The molecule has 3 rings (SSSR count). The van der Waals surface area contributed by atoms with Crippen molar-refractivity contribution < 1.29 is 9.47 Å². The van der Waals surface area contributed by atoms with Crippen LogP contribution in [0.4, 0.5) is 11.5 Å². The molecule has 0 unspecified atom stereocenters. The molecule has 0 aliphatic heterocycles. The molecule has 0 aliphatic carbocycles. The highest BCUT2D eigenvalue weighted by atomic mass is 16.5. The molecule has 8 heteroatoms. The van der Waals surface area contributed by atoms with Gasteiger partial charge in [0.05, 0.1) is 13.1 Å². The van der Waals surface area contributed by atoms with E-state index in [2.05, 4.69) is 11.1 Å². The molecular weight excluding hydrogens is 420 g/mol. The van der Waals surface area contributed by atoms with Crippen LogP contribution in [-0.4, -0.2) is 43.0 Å². The van der Waals surface area contributed by atoms with Crippen LogP contribution < -0.4 is 26.6 Å². The van der Waals surface area contributed by atoms with Gasteiger partial charge in [-0.15, -0.1) is 0 Å². The van der Waals surface area contributed by atoms with Crippen molar-refractivity contribution in [3.05, 3.63) is 86.1 Å². The maximum Gasteiger partial charge on any atom is 0.330 e. The third kappa shape index (κ3) is 6.49. The normalized spacial score (nSPS) is 10.9. The second-order valence-electron chi connectivity index (χ2n) is 8.07. The maximum atomic E-state index is 12.8. The van der Waals surface area contributed by atoms with Crippen LogP contribution in [0.15, 0.2) is 58.1 Å². The van der Waals surface area contributed by atoms with Gasteiger partial charge in [-0.05, 0) is 49.1 Å². The molecule has 3 aromatic rings. The Labute approximate surface area is 193 Å². The Morgan fingerprint density at radius 3 is 2.36 bits per heavy atom. The zero-order valence-corrected chi connectivity index (χ0v) is 19.5. The summed E-state index contributed by atoms with van der Waals surface area (Å²) < 4.78 is 12.5. The first-order valence-corrected chi connectivity index (χ1v) is 11.0. The standard InChI is InChI=1S/C25H32N4O4/c1-18-14-19(2)16-21(15-18)33-13-11-28(10-7-12-32-3)22-23(26)29(25(31)27-24(22)30)17-20-8-5-4-6-9-20/h4-6,8-9,14-16H,7,10-13,17,26H2,1-3H3,(H,27,30,31). The van der Waals surface area contributed by atoms with Crippen molar-refractivity contribution in [1.82, 2.24) is 9.55 Å².